The second kappa shape index (κ2) is 8.69. The molecule has 8 heteroatoms. The number of para-hydroxylation sites is 1. The van der Waals surface area contributed by atoms with Gasteiger partial charge in [-0.3, -0.25) is 24.7 Å². The first-order valence-electron chi connectivity index (χ1n) is 12.1. The summed E-state index contributed by atoms with van der Waals surface area (Å²) in [6.07, 6.45) is 3.47. The van der Waals surface area contributed by atoms with E-state index in [0.29, 0.717) is 36.8 Å². The molecule has 6 rings (SSSR count). The van der Waals surface area contributed by atoms with Crippen molar-refractivity contribution in [2.75, 3.05) is 24.6 Å². The predicted molar refractivity (Wildman–Crippen MR) is 130 cm³/mol. The minimum Gasteiger partial charge on any atom is -0.493 e. The number of piperidine rings is 1. The van der Waals surface area contributed by atoms with Crippen LogP contribution in [0, 0.1) is 5.92 Å². The number of fused-ring (bicyclic) bond motifs is 2. The van der Waals surface area contributed by atoms with Gasteiger partial charge in [0.25, 0.3) is 5.91 Å². The molecular weight excluding hydrogens is 444 g/mol. The zero-order valence-corrected chi connectivity index (χ0v) is 19.3. The van der Waals surface area contributed by atoms with Crippen molar-refractivity contribution in [3.05, 3.63) is 65.9 Å². The summed E-state index contributed by atoms with van der Waals surface area (Å²) in [6, 6.07) is 15.1. The molecule has 3 aromatic rings. The molecule has 3 aliphatic rings. The largest absolute Gasteiger partial charge is 0.493 e. The normalized spacial score (nSPS) is 22.0. The van der Waals surface area contributed by atoms with E-state index in [9.17, 15) is 14.4 Å². The summed E-state index contributed by atoms with van der Waals surface area (Å²) in [7, 11) is 0. The van der Waals surface area contributed by atoms with Gasteiger partial charge in [-0.25, -0.2) is 0 Å². The van der Waals surface area contributed by atoms with E-state index < -0.39 is 11.9 Å². The topological polar surface area (TPSA) is 91.8 Å². The average Bonchev–Trinajstić information content (AvgIpc) is 3.47. The lowest BCUT2D eigenvalue weighted by atomic mass is 10.0. The molecule has 0 radical (unpaired) electrons. The number of nitrogens with zero attached hydrogens (tertiary/aromatic N) is 3. The van der Waals surface area contributed by atoms with Gasteiger partial charge in [0.2, 0.25) is 11.8 Å². The van der Waals surface area contributed by atoms with Crippen LogP contribution in [-0.4, -0.2) is 53.3 Å². The van der Waals surface area contributed by atoms with E-state index in [0.717, 1.165) is 36.0 Å². The molecule has 2 aromatic carbocycles. The van der Waals surface area contributed by atoms with Gasteiger partial charge in [-0.05, 0) is 37.1 Å². The van der Waals surface area contributed by atoms with E-state index in [1.165, 1.54) is 5.69 Å². The van der Waals surface area contributed by atoms with Gasteiger partial charge in [-0.2, -0.15) is 0 Å². The Morgan fingerprint density at radius 1 is 1.03 bits per heavy atom. The molecule has 35 heavy (non-hydrogen) atoms. The predicted octanol–water partition coefficient (Wildman–Crippen LogP) is 2.90. The summed E-state index contributed by atoms with van der Waals surface area (Å²) in [6.45, 7) is 2.72. The Labute approximate surface area is 202 Å². The van der Waals surface area contributed by atoms with Crippen molar-refractivity contribution >= 4 is 34.3 Å². The van der Waals surface area contributed by atoms with Gasteiger partial charge in [0.05, 0.1) is 18.7 Å². The number of amides is 3. The number of carbonyl (C=O) groups is 3. The maximum atomic E-state index is 13.0. The monoisotopic (exact) mass is 470 g/mol. The molecule has 3 amide bonds. The molecule has 0 saturated carbocycles. The number of benzene rings is 2. The van der Waals surface area contributed by atoms with Gasteiger partial charge in [-0.15, -0.1) is 0 Å². The van der Waals surface area contributed by atoms with E-state index in [-0.39, 0.29) is 18.2 Å². The summed E-state index contributed by atoms with van der Waals surface area (Å²) in [5, 5.41) is 3.50. The molecule has 2 fully saturated rings. The van der Waals surface area contributed by atoms with E-state index in [4.69, 9.17) is 4.74 Å². The van der Waals surface area contributed by atoms with Crippen LogP contribution in [0.3, 0.4) is 0 Å². The fourth-order valence-electron chi connectivity index (χ4n) is 5.44. The summed E-state index contributed by atoms with van der Waals surface area (Å²) in [5.74, 6) is 0.181. The van der Waals surface area contributed by atoms with Gasteiger partial charge in [0.15, 0.2) is 0 Å². The number of carbonyl (C=O) groups excluding carboxylic acids is 3. The number of pyridine rings is 1. The number of imide groups is 1. The Morgan fingerprint density at radius 2 is 1.91 bits per heavy atom. The maximum Gasteiger partial charge on any atom is 0.255 e. The first-order valence-corrected chi connectivity index (χ1v) is 12.1. The fraction of sp³-hybridized carbons (Fsp3) is 0.333. The van der Waals surface area contributed by atoms with E-state index >= 15 is 0 Å². The lowest BCUT2D eigenvalue weighted by molar-refractivity contribution is -0.136. The molecule has 0 bridgehead atoms. The lowest BCUT2D eigenvalue weighted by Gasteiger charge is -2.29. The number of rotatable bonds is 5. The van der Waals surface area contributed by atoms with E-state index in [1.807, 2.05) is 36.5 Å². The first kappa shape index (κ1) is 21.6. The van der Waals surface area contributed by atoms with Crippen LogP contribution in [0.4, 0.5) is 5.69 Å². The van der Waals surface area contributed by atoms with Crippen LogP contribution in [0.2, 0.25) is 0 Å². The molecule has 2 saturated heterocycles. The molecule has 8 nitrogen and oxygen atoms in total. The van der Waals surface area contributed by atoms with Crippen LogP contribution in [0.15, 0.2) is 54.7 Å². The summed E-state index contributed by atoms with van der Waals surface area (Å²) in [5.41, 5.74) is 3.58. The van der Waals surface area contributed by atoms with Gasteiger partial charge in [0.1, 0.15) is 11.8 Å². The number of anilines is 1. The molecule has 4 heterocycles. The lowest BCUT2D eigenvalue weighted by Crippen LogP contribution is -2.52. The third-order valence-corrected chi connectivity index (χ3v) is 7.27. The summed E-state index contributed by atoms with van der Waals surface area (Å²) >= 11 is 0. The molecule has 178 valence electrons. The maximum absolute atomic E-state index is 13.0. The molecule has 2 atom stereocenters. The van der Waals surface area contributed by atoms with Gasteiger partial charge in [-0.1, -0.05) is 24.3 Å². The van der Waals surface area contributed by atoms with Crippen molar-refractivity contribution in [3.63, 3.8) is 0 Å². The van der Waals surface area contributed by atoms with Crippen LogP contribution >= 0.6 is 0 Å². The van der Waals surface area contributed by atoms with E-state index in [1.54, 1.807) is 11.0 Å². The summed E-state index contributed by atoms with van der Waals surface area (Å²) < 4.78 is 6.26. The Bertz CT molecular complexity index is 1330. The second-order valence-corrected chi connectivity index (χ2v) is 9.44. The molecule has 3 aliphatic heterocycles. The van der Waals surface area contributed by atoms with Crippen molar-refractivity contribution in [1.29, 1.82) is 0 Å². The highest BCUT2D eigenvalue weighted by atomic mass is 16.5. The Kier molecular flexibility index (Phi) is 5.36. The van der Waals surface area contributed by atoms with Crippen LogP contribution in [0.5, 0.6) is 5.75 Å². The van der Waals surface area contributed by atoms with E-state index in [2.05, 4.69) is 27.3 Å². The highest BCUT2D eigenvalue weighted by molar-refractivity contribution is 6.05. The quantitative estimate of drug-likeness (QED) is 0.577. The minimum atomic E-state index is -0.626. The van der Waals surface area contributed by atoms with Crippen molar-refractivity contribution in [3.8, 4) is 5.75 Å². The van der Waals surface area contributed by atoms with Crippen LogP contribution < -0.4 is 15.0 Å². The van der Waals surface area contributed by atoms with Crippen molar-refractivity contribution < 1.29 is 19.1 Å². The van der Waals surface area contributed by atoms with Crippen molar-refractivity contribution in [1.82, 2.24) is 15.2 Å². The number of ether oxygens (including phenoxy) is 1. The Hall–Kier alpha value is -3.94. The summed E-state index contributed by atoms with van der Waals surface area (Å²) in [4.78, 5) is 45.3. The number of hydrogen-bond acceptors (Lipinski definition) is 6. The molecule has 0 aliphatic carbocycles. The third-order valence-electron chi connectivity index (χ3n) is 7.27. The van der Waals surface area contributed by atoms with Crippen LogP contribution in [0.1, 0.15) is 35.2 Å². The minimum absolute atomic E-state index is 0.184. The fourth-order valence-corrected chi connectivity index (χ4v) is 5.44. The standard InChI is InChI=1S/C27H26N4O4/c32-25-9-8-23(26(33)29-25)31-15-20-18(27(31)34)5-3-7-24(20)35-16-17-11-13-30(14-17)22-10-12-28-21-6-2-1-4-19(21)22/h1-7,10,12,17,23H,8-9,11,13-16H2,(H,29,32,33)/t17-,23?/m1/s1. The Balaban J connectivity index is 1.14. The first-order chi connectivity index (χ1) is 17.1. The third kappa shape index (κ3) is 3.88. The number of nitrogens with one attached hydrogen (secondary N) is 1. The van der Waals surface area contributed by atoms with Gasteiger partial charge >= 0.3 is 0 Å². The van der Waals surface area contributed by atoms with Gasteiger partial charge < -0.3 is 14.5 Å². The molecule has 0 spiro atoms. The van der Waals surface area contributed by atoms with Gasteiger partial charge in [0, 0.05) is 53.8 Å². The highest BCUT2D eigenvalue weighted by Crippen LogP contribution is 2.35. The van der Waals surface area contributed by atoms with Crippen LogP contribution in [0.25, 0.3) is 10.9 Å². The molecule has 1 N–H and O–H groups in total. The number of aromatic nitrogens is 1. The Morgan fingerprint density at radius 3 is 2.80 bits per heavy atom. The van der Waals surface area contributed by atoms with Crippen molar-refractivity contribution in [2.45, 2.75) is 31.8 Å². The second-order valence-electron chi connectivity index (χ2n) is 9.44. The number of hydrogen-bond donors (Lipinski definition) is 1. The molecule has 1 aromatic heterocycles. The molecular formula is C27H26N4O4. The zero-order chi connectivity index (χ0) is 23.9. The zero-order valence-electron chi connectivity index (χ0n) is 19.3. The SMILES string of the molecule is O=C1CCC(N2Cc3c(OC[C@@H]4CCN(c5ccnc6ccccc56)C4)cccc3C2=O)C(=O)N1. The van der Waals surface area contributed by atoms with Crippen molar-refractivity contribution in [2.24, 2.45) is 5.92 Å². The molecule has 1 unspecified atom stereocenters. The highest BCUT2D eigenvalue weighted by Gasteiger charge is 2.40. The smallest absolute Gasteiger partial charge is 0.255 e. The van der Waals surface area contributed by atoms with Crippen LogP contribution in [-0.2, 0) is 16.1 Å². The average molecular weight is 471 g/mol.